The second-order valence-electron chi connectivity index (χ2n) is 7.70. The zero-order valence-electron chi connectivity index (χ0n) is 14.7. The van der Waals surface area contributed by atoms with Crippen LogP contribution in [0.15, 0.2) is 35.0 Å². The van der Waals surface area contributed by atoms with Gasteiger partial charge in [-0.15, -0.1) is 22.7 Å². The average molecular weight is 379 g/mol. The van der Waals surface area contributed by atoms with Crippen LogP contribution in [0.4, 0.5) is 0 Å². The molecule has 2 aliphatic rings. The Hall–Kier alpha value is -1.21. The quantitative estimate of drug-likeness (QED) is 0.602. The number of thiophene rings is 2. The van der Waals surface area contributed by atoms with Crippen LogP contribution in [0.25, 0.3) is 0 Å². The minimum atomic E-state index is -1.000. The van der Waals surface area contributed by atoms with Crippen LogP contribution in [-0.4, -0.2) is 43.4 Å². The zero-order chi connectivity index (χ0) is 17.5. The van der Waals surface area contributed by atoms with Crippen molar-refractivity contribution in [1.82, 2.24) is 0 Å². The third kappa shape index (κ3) is 3.16. The van der Waals surface area contributed by atoms with Crippen LogP contribution in [0.3, 0.4) is 0 Å². The van der Waals surface area contributed by atoms with E-state index in [4.69, 9.17) is 9.47 Å². The molecule has 2 saturated heterocycles. The summed E-state index contributed by atoms with van der Waals surface area (Å²) in [5.41, 5.74) is -1.000. The topological polar surface area (TPSA) is 35.5 Å². The predicted molar refractivity (Wildman–Crippen MR) is 99.6 cm³/mol. The Bertz CT molecular complexity index is 741. The van der Waals surface area contributed by atoms with Crippen molar-refractivity contribution in [3.05, 3.63) is 44.8 Å². The van der Waals surface area contributed by atoms with Crippen LogP contribution in [-0.2, 0) is 26.3 Å². The Labute approximate surface area is 156 Å². The summed E-state index contributed by atoms with van der Waals surface area (Å²) in [6.07, 6.45) is 3.07. The van der Waals surface area contributed by atoms with Crippen LogP contribution in [0.5, 0.6) is 0 Å². The molecular formula is C19H24NO3S2+. The summed E-state index contributed by atoms with van der Waals surface area (Å²) < 4.78 is 13.6. The third-order valence-electron chi connectivity index (χ3n) is 5.31. The van der Waals surface area contributed by atoms with Gasteiger partial charge in [0, 0.05) is 29.0 Å². The van der Waals surface area contributed by atoms with E-state index in [-0.39, 0.29) is 5.97 Å². The predicted octanol–water partition coefficient (Wildman–Crippen LogP) is 3.78. The Morgan fingerprint density at radius 1 is 1.12 bits per heavy atom. The highest BCUT2D eigenvalue weighted by molar-refractivity contribution is 7.10. The first kappa shape index (κ1) is 17.2. The maximum absolute atomic E-state index is 13.1. The molecule has 2 aromatic heterocycles. The Balaban J connectivity index is 1.69. The summed E-state index contributed by atoms with van der Waals surface area (Å²) in [7, 11) is 4.46. The molecule has 0 radical (unpaired) electrons. The molecule has 2 atom stereocenters. The lowest BCUT2D eigenvalue weighted by Gasteiger charge is -2.30. The number of ether oxygens (including phenoxy) is 2. The van der Waals surface area contributed by atoms with Crippen molar-refractivity contribution in [2.45, 2.75) is 37.1 Å². The molecule has 0 N–H and O–H groups in total. The molecule has 4 nitrogen and oxygen atoms in total. The molecular weight excluding hydrogens is 354 g/mol. The van der Waals surface area contributed by atoms with Crippen molar-refractivity contribution >= 4 is 28.6 Å². The lowest BCUT2D eigenvalue weighted by atomic mass is 9.96. The summed E-state index contributed by atoms with van der Waals surface area (Å²) in [5, 5.41) is 4.04. The van der Waals surface area contributed by atoms with Crippen LogP contribution in [0.1, 0.15) is 29.0 Å². The number of quaternary nitrogens is 1. The first-order chi connectivity index (χ1) is 11.9. The van der Waals surface area contributed by atoms with Crippen LogP contribution >= 0.6 is 22.7 Å². The normalized spacial score (nSPS) is 31.8. The molecule has 1 spiro atoms. The van der Waals surface area contributed by atoms with E-state index < -0.39 is 11.4 Å². The van der Waals surface area contributed by atoms with Crippen molar-refractivity contribution < 1.29 is 18.8 Å². The van der Waals surface area contributed by atoms with Gasteiger partial charge in [-0.2, -0.15) is 0 Å². The molecule has 2 fully saturated rings. The smallest absolute Gasteiger partial charge is 0.347 e. The van der Waals surface area contributed by atoms with Gasteiger partial charge < -0.3 is 14.0 Å². The van der Waals surface area contributed by atoms with Crippen LogP contribution in [0, 0.1) is 0 Å². The number of esters is 1. The molecule has 0 saturated carbocycles. The number of carbonyl (C=O) groups is 1. The molecule has 0 amide bonds. The largest absolute Gasteiger partial charge is 0.430 e. The molecule has 25 heavy (non-hydrogen) atoms. The van der Waals surface area contributed by atoms with E-state index in [1.807, 2.05) is 29.0 Å². The minimum Gasteiger partial charge on any atom is -0.430 e. The van der Waals surface area contributed by atoms with Gasteiger partial charge in [0.1, 0.15) is 0 Å². The highest BCUT2D eigenvalue weighted by Gasteiger charge is 2.60. The Morgan fingerprint density at radius 2 is 1.92 bits per heavy atom. The van der Waals surface area contributed by atoms with Gasteiger partial charge in [-0.3, -0.25) is 0 Å². The van der Waals surface area contributed by atoms with Crippen molar-refractivity contribution in [3.63, 3.8) is 0 Å². The van der Waals surface area contributed by atoms with Gasteiger partial charge in [0.2, 0.25) is 11.4 Å². The van der Waals surface area contributed by atoms with E-state index in [0.29, 0.717) is 6.42 Å². The fourth-order valence-corrected chi connectivity index (χ4v) is 5.46. The minimum absolute atomic E-state index is 0.226. The van der Waals surface area contributed by atoms with Gasteiger partial charge in [0.05, 0.1) is 33.6 Å². The second-order valence-corrected chi connectivity index (χ2v) is 9.68. The standard InChI is InChI=1S/C19H24NO3S2/c1-20(2)10-5-8-18(9-11-20)22-17(21)19(23-18,16-7-4-13-25-16)14-15-6-3-12-24-15/h3-4,6-7,12-13H,5,8-11,14H2,1-2H3/q+1. The van der Waals surface area contributed by atoms with E-state index in [2.05, 4.69) is 20.2 Å². The SMILES string of the molecule is C[N+]1(C)CCCC2(CC1)OC(=O)C(Cc1cccs1)(c1cccs1)O2. The van der Waals surface area contributed by atoms with Crippen LogP contribution < -0.4 is 0 Å². The summed E-state index contributed by atoms with van der Waals surface area (Å²) in [5.74, 6) is -1.000. The summed E-state index contributed by atoms with van der Waals surface area (Å²) in [6, 6.07) is 8.05. The van der Waals surface area contributed by atoms with E-state index in [9.17, 15) is 4.79 Å². The lowest BCUT2D eigenvalue weighted by Crippen LogP contribution is -2.42. The molecule has 2 unspecified atom stereocenters. The van der Waals surface area contributed by atoms with E-state index in [1.54, 1.807) is 22.7 Å². The van der Waals surface area contributed by atoms with Gasteiger partial charge in [-0.1, -0.05) is 12.1 Å². The monoisotopic (exact) mass is 378 g/mol. The van der Waals surface area contributed by atoms with Gasteiger partial charge >= 0.3 is 5.97 Å². The molecule has 0 aliphatic carbocycles. The van der Waals surface area contributed by atoms with E-state index in [1.165, 1.54) is 0 Å². The molecule has 6 heteroatoms. The van der Waals surface area contributed by atoms with Gasteiger partial charge in [0.15, 0.2) is 0 Å². The zero-order valence-corrected chi connectivity index (χ0v) is 16.3. The van der Waals surface area contributed by atoms with Crippen molar-refractivity contribution in [2.24, 2.45) is 0 Å². The molecule has 4 rings (SSSR count). The third-order valence-corrected chi connectivity index (χ3v) is 7.20. The fourth-order valence-electron chi connectivity index (χ4n) is 3.83. The molecule has 4 heterocycles. The first-order valence-corrected chi connectivity index (χ1v) is 10.5. The number of hydrogen-bond donors (Lipinski definition) is 0. The maximum Gasteiger partial charge on any atom is 0.347 e. The second kappa shape index (κ2) is 6.20. The van der Waals surface area contributed by atoms with E-state index >= 15 is 0 Å². The number of carbonyl (C=O) groups excluding carboxylic acids is 1. The van der Waals surface area contributed by atoms with Gasteiger partial charge in [0.25, 0.3) is 0 Å². The number of rotatable bonds is 3. The highest BCUT2D eigenvalue weighted by Crippen LogP contribution is 2.48. The number of nitrogens with zero attached hydrogens (tertiary/aromatic N) is 1. The van der Waals surface area contributed by atoms with Gasteiger partial charge in [-0.25, -0.2) is 4.79 Å². The Kier molecular flexibility index (Phi) is 4.27. The molecule has 0 aromatic carbocycles. The molecule has 0 bridgehead atoms. The summed E-state index contributed by atoms with van der Waals surface area (Å²) in [4.78, 5) is 15.2. The Morgan fingerprint density at radius 3 is 2.64 bits per heavy atom. The van der Waals surface area contributed by atoms with Gasteiger partial charge in [-0.05, 0) is 22.9 Å². The number of likely N-dealkylation sites (tertiary alicyclic amines) is 1. The average Bonchev–Trinajstić information content (AvgIpc) is 3.27. The van der Waals surface area contributed by atoms with Crippen molar-refractivity contribution in [3.8, 4) is 0 Å². The van der Waals surface area contributed by atoms with Crippen molar-refractivity contribution in [2.75, 3.05) is 27.2 Å². The maximum atomic E-state index is 13.1. The first-order valence-electron chi connectivity index (χ1n) is 8.75. The van der Waals surface area contributed by atoms with Crippen LogP contribution in [0.2, 0.25) is 0 Å². The summed E-state index contributed by atoms with van der Waals surface area (Å²) in [6.45, 7) is 2.03. The fraction of sp³-hybridized carbons (Fsp3) is 0.526. The molecule has 2 aliphatic heterocycles. The molecule has 2 aromatic rings. The van der Waals surface area contributed by atoms with E-state index in [0.717, 1.165) is 46.6 Å². The lowest BCUT2D eigenvalue weighted by molar-refractivity contribution is -0.889. The number of hydrogen-bond acceptors (Lipinski definition) is 5. The summed E-state index contributed by atoms with van der Waals surface area (Å²) >= 11 is 3.23. The highest BCUT2D eigenvalue weighted by atomic mass is 32.1. The molecule has 134 valence electrons. The van der Waals surface area contributed by atoms with Crippen molar-refractivity contribution in [1.29, 1.82) is 0 Å².